The molecule has 1 amide bonds. The molecule has 0 spiro atoms. The minimum absolute atomic E-state index is 0. The fourth-order valence-electron chi connectivity index (χ4n) is 2.20. The maximum absolute atomic E-state index is 11.8. The molecular formula is C17H27ClN2O. The Hall–Kier alpha value is -1.06. The number of hydrogen-bond donors (Lipinski definition) is 2. The van der Waals surface area contributed by atoms with E-state index in [0.29, 0.717) is 13.1 Å². The van der Waals surface area contributed by atoms with Crippen LogP contribution in [0.1, 0.15) is 37.8 Å². The summed E-state index contributed by atoms with van der Waals surface area (Å²) in [4.78, 5) is 11.8. The number of halogens is 1. The monoisotopic (exact) mass is 310 g/mol. The van der Waals surface area contributed by atoms with E-state index in [2.05, 4.69) is 55.7 Å². The average molecular weight is 311 g/mol. The van der Waals surface area contributed by atoms with Crippen molar-refractivity contribution in [1.82, 2.24) is 10.6 Å². The largest absolute Gasteiger partial charge is 0.354 e. The van der Waals surface area contributed by atoms with Crippen molar-refractivity contribution in [3.8, 4) is 0 Å². The average Bonchev–Trinajstić information content (AvgIpc) is 3.21. The van der Waals surface area contributed by atoms with E-state index in [4.69, 9.17) is 0 Å². The first-order valence-electron chi connectivity index (χ1n) is 7.52. The number of amides is 1. The van der Waals surface area contributed by atoms with Crippen LogP contribution in [0.3, 0.4) is 0 Å². The maximum atomic E-state index is 11.8. The molecule has 0 bridgehead atoms. The summed E-state index contributed by atoms with van der Waals surface area (Å²) in [7, 11) is 0. The summed E-state index contributed by atoms with van der Waals surface area (Å²) >= 11 is 0. The van der Waals surface area contributed by atoms with Crippen LogP contribution in [-0.2, 0) is 10.2 Å². The second-order valence-corrected chi connectivity index (χ2v) is 6.60. The molecule has 2 rings (SSSR count). The van der Waals surface area contributed by atoms with Crippen LogP contribution < -0.4 is 10.6 Å². The van der Waals surface area contributed by atoms with Gasteiger partial charge in [-0.3, -0.25) is 4.79 Å². The van der Waals surface area contributed by atoms with E-state index < -0.39 is 0 Å². The highest BCUT2D eigenvalue weighted by Crippen LogP contribution is 2.27. The molecule has 1 aliphatic carbocycles. The van der Waals surface area contributed by atoms with Gasteiger partial charge in [-0.2, -0.15) is 0 Å². The van der Waals surface area contributed by atoms with E-state index in [-0.39, 0.29) is 23.7 Å². The maximum Gasteiger partial charge on any atom is 0.233 e. The standard InChI is InChI=1S/C17H26N2O.ClH/c1-13-4-8-15(9-5-13)17(2,3)12-19-16(20)11-18-10-14-6-7-14;/h4-5,8-9,14,18H,6-7,10-12H2,1-3H3,(H,19,20);1H. The third-order valence-electron chi connectivity index (χ3n) is 3.98. The van der Waals surface area contributed by atoms with Crippen LogP contribution >= 0.6 is 12.4 Å². The summed E-state index contributed by atoms with van der Waals surface area (Å²) < 4.78 is 0. The number of carbonyl (C=O) groups excluding carboxylic acids is 1. The predicted molar refractivity (Wildman–Crippen MR) is 90.1 cm³/mol. The fourth-order valence-corrected chi connectivity index (χ4v) is 2.20. The summed E-state index contributed by atoms with van der Waals surface area (Å²) in [6, 6.07) is 8.53. The first-order valence-corrected chi connectivity index (χ1v) is 7.52. The van der Waals surface area contributed by atoms with Crippen molar-refractivity contribution in [2.75, 3.05) is 19.6 Å². The topological polar surface area (TPSA) is 41.1 Å². The smallest absolute Gasteiger partial charge is 0.233 e. The van der Waals surface area contributed by atoms with Gasteiger partial charge >= 0.3 is 0 Å². The highest BCUT2D eigenvalue weighted by atomic mass is 35.5. The Morgan fingerprint density at radius 1 is 1.24 bits per heavy atom. The minimum Gasteiger partial charge on any atom is -0.354 e. The molecule has 4 heteroatoms. The molecule has 2 N–H and O–H groups in total. The molecule has 1 aromatic carbocycles. The van der Waals surface area contributed by atoms with Crippen LogP contribution in [0.2, 0.25) is 0 Å². The van der Waals surface area contributed by atoms with Crippen molar-refractivity contribution < 1.29 is 4.79 Å². The second kappa shape index (κ2) is 7.81. The van der Waals surface area contributed by atoms with Gasteiger partial charge in [-0.05, 0) is 37.8 Å². The van der Waals surface area contributed by atoms with Gasteiger partial charge in [0, 0.05) is 12.0 Å². The van der Waals surface area contributed by atoms with Gasteiger partial charge in [-0.25, -0.2) is 0 Å². The summed E-state index contributed by atoms with van der Waals surface area (Å²) in [6.07, 6.45) is 2.63. The van der Waals surface area contributed by atoms with Crippen molar-refractivity contribution in [1.29, 1.82) is 0 Å². The van der Waals surface area contributed by atoms with E-state index >= 15 is 0 Å². The van der Waals surface area contributed by atoms with Crippen LogP contribution in [-0.4, -0.2) is 25.5 Å². The zero-order chi connectivity index (χ0) is 14.6. The van der Waals surface area contributed by atoms with E-state index in [0.717, 1.165) is 12.5 Å². The number of aryl methyl sites for hydroxylation is 1. The third kappa shape index (κ3) is 6.06. The molecule has 0 unspecified atom stereocenters. The molecule has 1 saturated carbocycles. The lowest BCUT2D eigenvalue weighted by molar-refractivity contribution is -0.120. The fraction of sp³-hybridized carbons (Fsp3) is 0.588. The van der Waals surface area contributed by atoms with Crippen molar-refractivity contribution in [3.63, 3.8) is 0 Å². The molecule has 118 valence electrons. The number of nitrogens with one attached hydrogen (secondary N) is 2. The zero-order valence-electron chi connectivity index (χ0n) is 13.2. The molecule has 0 radical (unpaired) electrons. The van der Waals surface area contributed by atoms with Crippen LogP contribution in [0.5, 0.6) is 0 Å². The Morgan fingerprint density at radius 2 is 1.86 bits per heavy atom. The Morgan fingerprint density at radius 3 is 2.43 bits per heavy atom. The van der Waals surface area contributed by atoms with Crippen LogP contribution in [0, 0.1) is 12.8 Å². The number of carbonyl (C=O) groups is 1. The Balaban J connectivity index is 0.00000220. The van der Waals surface area contributed by atoms with E-state index in [1.165, 1.54) is 24.0 Å². The molecule has 0 saturated heterocycles. The molecule has 21 heavy (non-hydrogen) atoms. The minimum atomic E-state index is -0.0418. The van der Waals surface area contributed by atoms with Crippen LogP contribution in [0.25, 0.3) is 0 Å². The number of rotatable bonds is 7. The van der Waals surface area contributed by atoms with Crippen LogP contribution in [0.15, 0.2) is 24.3 Å². The van der Waals surface area contributed by atoms with Crippen molar-refractivity contribution in [2.45, 2.75) is 39.0 Å². The van der Waals surface area contributed by atoms with Crippen molar-refractivity contribution in [3.05, 3.63) is 35.4 Å². The Kier molecular flexibility index (Phi) is 6.69. The SMILES string of the molecule is Cc1ccc(C(C)(C)CNC(=O)CNCC2CC2)cc1.Cl. The van der Waals surface area contributed by atoms with E-state index in [1.807, 2.05) is 0 Å². The quantitative estimate of drug-likeness (QED) is 0.813. The molecule has 0 atom stereocenters. The summed E-state index contributed by atoms with van der Waals surface area (Å²) in [5, 5.41) is 6.25. The van der Waals surface area contributed by atoms with E-state index in [9.17, 15) is 4.79 Å². The lowest BCUT2D eigenvalue weighted by Crippen LogP contribution is -2.41. The van der Waals surface area contributed by atoms with Gasteiger partial charge in [-0.1, -0.05) is 43.7 Å². The second-order valence-electron chi connectivity index (χ2n) is 6.60. The molecule has 1 aromatic rings. The predicted octanol–water partition coefficient (Wildman–Crippen LogP) is 2.81. The van der Waals surface area contributed by atoms with Gasteiger partial charge in [0.15, 0.2) is 0 Å². The van der Waals surface area contributed by atoms with Gasteiger partial charge in [-0.15, -0.1) is 12.4 Å². The Labute approximate surface area is 134 Å². The number of hydrogen-bond acceptors (Lipinski definition) is 2. The van der Waals surface area contributed by atoms with Gasteiger partial charge in [0.1, 0.15) is 0 Å². The lowest BCUT2D eigenvalue weighted by atomic mass is 9.84. The van der Waals surface area contributed by atoms with Gasteiger partial charge < -0.3 is 10.6 Å². The molecule has 0 heterocycles. The molecule has 1 aliphatic rings. The first-order chi connectivity index (χ1) is 9.47. The van der Waals surface area contributed by atoms with Gasteiger partial charge in [0.05, 0.1) is 6.54 Å². The molecule has 0 aromatic heterocycles. The van der Waals surface area contributed by atoms with Gasteiger partial charge in [0.25, 0.3) is 0 Å². The van der Waals surface area contributed by atoms with Crippen molar-refractivity contribution >= 4 is 18.3 Å². The van der Waals surface area contributed by atoms with Crippen molar-refractivity contribution in [2.24, 2.45) is 5.92 Å². The summed E-state index contributed by atoms with van der Waals surface area (Å²) in [5.41, 5.74) is 2.48. The number of benzene rings is 1. The normalized spacial score (nSPS) is 14.4. The highest BCUT2D eigenvalue weighted by molar-refractivity contribution is 5.85. The summed E-state index contributed by atoms with van der Waals surface area (Å²) in [6.45, 7) is 8.49. The molecule has 0 aliphatic heterocycles. The van der Waals surface area contributed by atoms with Crippen LogP contribution in [0.4, 0.5) is 0 Å². The lowest BCUT2D eigenvalue weighted by Gasteiger charge is -2.26. The first kappa shape index (κ1) is 18.0. The zero-order valence-corrected chi connectivity index (χ0v) is 14.1. The van der Waals surface area contributed by atoms with Gasteiger partial charge in [0.2, 0.25) is 5.91 Å². The molecule has 1 fully saturated rings. The third-order valence-corrected chi connectivity index (χ3v) is 3.98. The summed E-state index contributed by atoms with van der Waals surface area (Å²) in [5.74, 6) is 0.901. The Bertz CT molecular complexity index is 452. The molecular weight excluding hydrogens is 284 g/mol. The molecule has 3 nitrogen and oxygen atoms in total. The van der Waals surface area contributed by atoms with E-state index in [1.54, 1.807) is 0 Å². The highest BCUT2D eigenvalue weighted by Gasteiger charge is 2.22.